The van der Waals surface area contributed by atoms with Crippen LogP contribution in [0.5, 0.6) is 5.75 Å². The number of carbonyl (C=O) groups is 1. The molecule has 35 heavy (non-hydrogen) atoms. The van der Waals surface area contributed by atoms with Crippen molar-refractivity contribution < 1.29 is 9.53 Å². The van der Waals surface area contributed by atoms with E-state index in [2.05, 4.69) is 21.2 Å². The molecule has 5 rings (SSSR count). The molecule has 4 nitrogen and oxygen atoms in total. The summed E-state index contributed by atoms with van der Waals surface area (Å²) in [5, 5.41) is 3.82. The average molecular weight is 546 g/mol. The van der Waals surface area contributed by atoms with Crippen molar-refractivity contribution in [3.63, 3.8) is 0 Å². The van der Waals surface area contributed by atoms with Crippen LogP contribution >= 0.6 is 27.3 Å². The van der Waals surface area contributed by atoms with Crippen LogP contribution < -0.4 is 10.1 Å². The van der Waals surface area contributed by atoms with Gasteiger partial charge in [-0.25, -0.2) is 4.99 Å². The average Bonchev–Trinajstić information content (AvgIpc) is 3.27. The molecule has 1 aromatic heterocycles. The van der Waals surface area contributed by atoms with Crippen molar-refractivity contribution in [3.05, 3.63) is 110 Å². The van der Waals surface area contributed by atoms with Gasteiger partial charge in [0.25, 0.3) is 5.91 Å². The first-order valence-electron chi connectivity index (χ1n) is 11.7. The van der Waals surface area contributed by atoms with E-state index in [9.17, 15) is 4.79 Å². The third-order valence-electron chi connectivity index (χ3n) is 5.94. The first-order valence-corrected chi connectivity index (χ1v) is 13.3. The van der Waals surface area contributed by atoms with Gasteiger partial charge in [0.15, 0.2) is 0 Å². The molecule has 0 aliphatic heterocycles. The van der Waals surface area contributed by atoms with E-state index in [1.807, 2.05) is 85.1 Å². The Kier molecular flexibility index (Phi) is 7.40. The molecule has 1 N–H and O–H groups in total. The van der Waals surface area contributed by atoms with Gasteiger partial charge in [-0.1, -0.05) is 48.5 Å². The number of fused-ring (bicyclic) bond motifs is 1. The van der Waals surface area contributed by atoms with Crippen LogP contribution in [-0.2, 0) is 19.4 Å². The van der Waals surface area contributed by atoms with Crippen molar-refractivity contribution in [2.45, 2.75) is 32.3 Å². The van der Waals surface area contributed by atoms with Crippen LogP contribution in [0.25, 0.3) is 0 Å². The zero-order valence-corrected chi connectivity index (χ0v) is 21.6. The molecule has 4 aromatic rings. The molecule has 0 unspecified atom stereocenters. The fourth-order valence-electron chi connectivity index (χ4n) is 4.17. The fourth-order valence-corrected chi connectivity index (χ4v) is 5.92. The first-order chi connectivity index (χ1) is 17.2. The lowest BCUT2D eigenvalue weighted by Gasteiger charge is -2.12. The lowest BCUT2D eigenvalue weighted by Crippen LogP contribution is -2.14. The number of carbonyl (C=O) groups excluding carboxylic acids is 1. The number of hydrogen-bond donors (Lipinski definition) is 1. The number of nitrogens with one attached hydrogen (secondary N) is 1. The molecule has 0 bridgehead atoms. The smallest absolute Gasteiger partial charge is 0.259 e. The molecular formula is C29H25BrN2O2S. The van der Waals surface area contributed by atoms with Crippen molar-refractivity contribution in [3.8, 4) is 5.75 Å². The van der Waals surface area contributed by atoms with Crippen LogP contribution in [0.2, 0.25) is 0 Å². The molecule has 1 heterocycles. The van der Waals surface area contributed by atoms with Crippen LogP contribution in [0.1, 0.15) is 44.8 Å². The van der Waals surface area contributed by atoms with E-state index in [0.29, 0.717) is 12.2 Å². The topological polar surface area (TPSA) is 50.7 Å². The van der Waals surface area contributed by atoms with Crippen molar-refractivity contribution >= 4 is 50.1 Å². The largest absolute Gasteiger partial charge is 0.488 e. The Hall–Kier alpha value is -3.22. The molecule has 176 valence electrons. The monoisotopic (exact) mass is 544 g/mol. The summed E-state index contributed by atoms with van der Waals surface area (Å²) in [6.45, 7) is 0.507. The highest BCUT2D eigenvalue weighted by molar-refractivity contribution is 9.10. The molecule has 3 aromatic carbocycles. The van der Waals surface area contributed by atoms with Crippen molar-refractivity contribution in [2.75, 3.05) is 5.32 Å². The van der Waals surface area contributed by atoms with E-state index in [-0.39, 0.29) is 5.91 Å². The van der Waals surface area contributed by atoms with E-state index in [1.165, 1.54) is 4.88 Å². The zero-order valence-electron chi connectivity index (χ0n) is 19.2. The Labute approximate surface area is 217 Å². The molecule has 0 saturated carbocycles. The number of thiophene rings is 1. The highest BCUT2D eigenvalue weighted by Crippen LogP contribution is 2.40. The standard InChI is InChI=1S/C29H25BrN2O2S/c30-24-17-21(15-16-25(24)34-19-20-9-3-1-4-10-20)18-31-29-27(23-13-7-8-14-26(23)35-29)28(33)32-22-11-5-2-6-12-22/h1-6,9-12,15-18H,7-8,13-14,19H2,(H,32,33). The number of para-hydroxylation sites is 1. The van der Waals surface area contributed by atoms with Gasteiger partial charge >= 0.3 is 0 Å². The quantitative estimate of drug-likeness (QED) is 0.240. The second kappa shape index (κ2) is 11.0. The summed E-state index contributed by atoms with van der Waals surface area (Å²) in [7, 11) is 0. The lowest BCUT2D eigenvalue weighted by molar-refractivity contribution is 0.102. The summed E-state index contributed by atoms with van der Waals surface area (Å²) < 4.78 is 6.83. The molecular weight excluding hydrogens is 520 g/mol. The number of anilines is 1. The number of aliphatic imine (C=N–C) groups is 1. The van der Waals surface area contributed by atoms with Gasteiger partial charge < -0.3 is 10.1 Å². The SMILES string of the molecule is O=C(Nc1ccccc1)c1c(N=Cc2ccc(OCc3ccccc3)c(Br)c2)sc2c1CCCC2. The zero-order chi connectivity index (χ0) is 24.0. The Bertz CT molecular complexity index is 1350. The predicted octanol–water partition coefficient (Wildman–Crippen LogP) is 7.97. The van der Waals surface area contributed by atoms with Crippen molar-refractivity contribution in [1.82, 2.24) is 0 Å². The van der Waals surface area contributed by atoms with Crippen molar-refractivity contribution in [1.29, 1.82) is 0 Å². The molecule has 6 heteroatoms. The maximum absolute atomic E-state index is 13.3. The van der Waals surface area contributed by atoms with Gasteiger partial charge in [0.2, 0.25) is 0 Å². The highest BCUT2D eigenvalue weighted by Gasteiger charge is 2.25. The van der Waals surface area contributed by atoms with Crippen LogP contribution in [0, 0.1) is 0 Å². The maximum Gasteiger partial charge on any atom is 0.259 e. The number of amides is 1. The summed E-state index contributed by atoms with van der Waals surface area (Å²) in [5.74, 6) is 0.689. The fraction of sp³-hybridized carbons (Fsp3) is 0.172. The molecule has 0 radical (unpaired) electrons. The number of aryl methyl sites for hydroxylation is 1. The molecule has 1 aliphatic rings. The van der Waals surface area contributed by atoms with E-state index >= 15 is 0 Å². The molecule has 1 aliphatic carbocycles. The normalized spacial score (nSPS) is 12.9. The summed E-state index contributed by atoms with van der Waals surface area (Å²) in [6.07, 6.45) is 6.03. The second-order valence-electron chi connectivity index (χ2n) is 8.43. The third-order valence-corrected chi connectivity index (χ3v) is 7.75. The van der Waals surface area contributed by atoms with Gasteiger partial charge in [-0.15, -0.1) is 11.3 Å². The first kappa shape index (κ1) is 23.5. The Morgan fingerprint density at radius 3 is 2.51 bits per heavy atom. The number of halogens is 1. The van der Waals surface area contributed by atoms with E-state index in [4.69, 9.17) is 9.73 Å². The Balaban J connectivity index is 1.36. The van der Waals surface area contributed by atoms with Crippen molar-refractivity contribution in [2.24, 2.45) is 4.99 Å². The highest BCUT2D eigenvalue weighted by atomic mass is 79.9. The Morgan fingerprint density at radius 1 is 1.00 bits per heavy atom. The third kappa shape index (κ3) is 5.72. The van der Waals surface area contributed by atoms with E-state index in [0.717, 1.165) is 63.3 Å². The summed E-state index contributed by atoms with van der Waals surface area (Å²) in [6, 6.07) is 25.6. The number of benzene rings is 3. The molecule has 0 spiro atoms. The van der Waals surface area contributed by atoms with E-state index < -0.39 is 0 Å². The summed E-state index contributed by atoms with van der Waals surface area (Å²) in [4.78, 5) is 19.3. The molecule has 0 saturated heterocycles. The van der Waals surface area contributed by atoms with Gasteiger partial charge in [0.05, 0.1) is 10.0 Å². The Morgan fingerprint density at radius 2 is 1.74 bits per heavy atom. The maximum atomic E-state index is 13.3. The predicted molar refractivity (Wildman–Crippen MR) is 148 cm³/mol. The number of hydrogen-bond acceptors (Lipinski definition) is 4. The van der Waals surface area contributed by atoms with Crippen LogP contribution in [0.3, 0.4) is 0 Å². The van der Waals surface area contributed by atoms with Gasteiger partial charge in [0, 0.05) is 16.8 Å². The number of rotatable bonds is 7. The molecule has 0 atom stereocenters. The minimum absolute atomic E-state index is 0.0893. The van der Waals surface area contributed by atoms with E-state index in [1.54, 1.807) is 11.3 Å². The second-order valence-corrected chi connectivity index (χ2v) is 10.4. The van der Waals surface area contributed by atoms with Gasteiger partial charge in [-0.3, -0.25) is 4.79 Å². The van der Waals surface area contributed by atoms with Gasteiger partial charge in [-0.05, 0) is 88.6 Å². The minimum Gasteiger partial charge on any atom is -0.488 e. The minimum atomic E-state index is -0.0893. The van der Waals surface area contributed by atoms with Crippen LogP contribution in [-0.4, -0.2) is 12.1 Å². The lowest BCUT2D eigenvalue weighted by atomic mass is 9.95. The van der Waals surface area contributed by atoms with Gasteiger partial charge in [-0.2, -0.15) is 0 Å². The van der Waals surface area contributed by atoms with Crippen LogP contribution in [0.4, 0.5) is 10.7 Å². The number of nitrogens with zero attached hydrogens (tertiary/aromatic N) is 1. The van der Waals surface area contributed by atoms with Crippen LogP contribution in [0.15, 0.2) is 88.3 Å². The summed E-state index contributed by atoms with van der Waals surface area (Å²) >= 11 is 5.26. The van der Waals surface area contributed by atoms with Gasteiger partial charge in [0.1, 0.15) is 17.4 Å². The molecule has 1 amide bonds. The molecule has 0 fully saturated rings. The summed E-state index contributed by atoms with van der Waals surface area (Å²) in [5.41, 5.74) is 4.72. The number of ether oxygens (including phenoxy) is 1.